The van der Waals surface area contributed by atoms with Gasteiger partial charge in [0.05, 0.1) is 4.48 Å². The Hall–Kier alpha value is -1.36. The van der Waals surface area contributed by atoms with E-state index in [0.717, 1.165) is 23.1 Å². The van der Waals surface area contributed by atoms with Gasteiger partial charge in [-0.1, -0.05) is 39.7 Å². The molecule has 1 aliphatic heterocycles. The van der Waals surface area contributed by atoms with Crippen LogP contribution in [0.2, 0.25) is 0 Å². The number of rotatable bonds is 3. The third kappa shape index (κ3) is 2.76. The quantitative estimate of drug-likeness (QED) is 0.461. The van der Waals surface area contributed by atoms with E-state index in [4.69, 9.17) is 9.47 Å². The Balaban J connectivity index is 1.40. The van der Waals surface area contributed by atoms with Crippen molar-refractivity contribution in [3.05, 3.63) is 84.1 Å². The maximum atomic E-state index is 5.72. The van der Waals surface area contributed by atoms with Crippen LogP contribution in [0.1, 0.15) is 43.7 Å². The zero-order valence-corrected chi connectivity index (χ0v) is 18.5. The molecule has 2 atom stereocenters. The molecule has 5 rings (SSSR count). The van der Waals surface area contributed by atoms with Gasteiger partial charge >= 0.3 is 0 Å². The summed E-state index contributed by atoms with van der Waals surface area (Å²) >= 11 is 7.44. The first kappa shape index (κ1) is 17.7. The molecule has 0 amide bonds. The van der Waals surface area contributed by atoms with Gasteiger partial charge in [0.25, 0.3) is 0 Å². The molecule has 0 radical (unpaired) electrons. The van der Waals surface area contributed by atoms with Crippen LogP contribution in [-0.4, -0.2) is 12.9 Å². The summed E-state index contributed by atoms with van der Waals surface area (Å²) < 4.78 is 13.6. The Labute approximate surface area is 176 Å². The number of benzene rings is 1. The maximum Gasteiger partial charge on any atom is 0.190 e. The summed E-state index contributed by atoms with van der Waals surface area (Å²) in [4.78, 5) is 0. The van der Waals surface area contributed by atoms with Crippen molar-refractivity contribution in [2.75, 3.05) is 6.79 Å². The Morgan fingerprint density at radius 1 is 1.11 bits per heavy atom. The van der Waals surface area contributed by atoms with Crippen molar-refractivity contribution >= 4 is 37.9 Å². The predicted octanol–water partition coefficient (Wildman–Crippen LogP) is 6.91. The fourth-order valence-corrected chi connectivity index (χ4v) is 5.80. The van der Waals surface area contributed by atoms with Crippen molar-refractivity contribution in [1.82, 2.24) is 0 Å². The first-order chi connectivity index (χ1) is 13.0. The normalized spacial score (nSPS) is 25.7. The Morgan fingerprint density at radius 2 is 1.96 bits per heavy atom. The van der Waals surface area contributed by atoms with E-state index in [1.807, 2.05) is 0 Å². The van der Waals surface area contributed by atoms with Gasteiger partial charge in [-0.2, -0.15) is 0 Å². The molecule has 1 aromatic rings. The van der Waals surface area contributed by atoms with Gasteiger partial charge in [0.15, 0.2) is 6.79 Å². The van der Waals surface area contributed by atoms with Gasteiger partial charge in [0.1, 0.15) is 11.9 Å². The standard InChI is InChI=1S/C23H20Br2O2/c1-12-8-18-16(4-3-5-20(18)24)14(12)6-7-15-13(2)9-19-17(15)10-21-23(22(19)25)27-11-26-21/h3-5,8-10,14,21H,6-7,11H2,1-2H3. The fraction of sp³-hybridized carbons (Fsp3) is 0.304. The minimum Gasteiger partial charge on any atom is -0.468 e. The largest absolute Gasteiger partial charge is 0.468 e. The zero-order chi connectivity index (χ0) is 18.7. The SMILES string of the molecule is CC1=Cc2c(Br)cccc2C1CCC1=C(C)C=C2C1=CC1OCOC1=C2Br. The van der Waals surface area contributed by atoms with Gasteiger partial charge in [-0.25, -0.2) is 0 Å². The van der Waals surface area contributed by atoms with Crippen molar-refractivity contribution in [2.45, 2.75) is 38.7 Å². The molecule has 1 saturated heterocycles. The summed E-state index contributed by atoms with van der Waals surface area (Å²) in [5.74, 6) is 1.40. The second-order valence-corrected chi connectivity index (χ2v) is 9.20. The molecule has 4 aliphatic rings. The monoisotopic (exact) mass is 486 g/mol. The number of ether oxygens (including phenoxy) is 2. The van der Waals surface area contributed by atoms with Crippen LogP contribution in [-0.2, 0) is 9.47 Å². The van der Waals surface area contributed by atoms with Crippen molar-refractivity contribution < 1.29 is 9.47 Å². The number of allylic oxidation sites excluding steroid dienone is 7. The van der Waals surface area contributed by atoms with Gasteiger partial charge in [-0.3, -0.25) is 0 Å². The highest BCUT2D eigenvalue weighted by Crippen LogP contribution is 2.48. The van der Waals surface area contributed by atoms with Gasteiger partial charge < -0.3 is 9.47 Å². The van der Waals surface area contributed by atoms with Crippen LogP contribution in [0.5, 0.6) is 0 Å². The molecule has 0 spiro atoms. The van der Waals surface area contributed by atoms with Crippen LogP contribution in [0, 0.1) is 0 Å². The first-order valence-electron chi connectivity index (χ1n) is 9.29. The fourth-order valence-electron chi connectivity index (χ4n) is 4.64. The lowest BCUT2D eigenvalue weighted by molar-refractivity contribution is 0.0629. The average molecular weight is 488 g/mol. The third-order valence-electron chi connectivity index (χ3n) is 6.01. The molecular weight excluding hydrogens is 468 g/mol. The molecule has 4 heteroatoms. The number of hydrogen-bond donors (Lipinski definition) is 0. The van der Waals surface area contributed by atoms with Crippen LogP contribution < -0.4 is 0 Å². The Kier molecular flexibility index (Phi) is 4.34. The van der Waals surface area contributed by atoms with Crippen molar-refractivity contribution in [1.29, 1.82) is 0 Å². The van der Waals surface area contributed by atoms with E-state index >= 15 is 0 Å². The van der Waals surface area contributed by atoms with Crippen LogP contribution in [0.4, 0.5) is 0 Å². The van der Waals surface area contributed by atoms with Crippen LogP contribution in [0.25, 0.3) is 6.08 Å². The van der Waals surface area contributed by atoms with Crippen molar-refractivity contribution in [2.24, 2.45) is 0 Å². The van der Waals surface area contributed by atoms with Crippen LogP contribution >= 0.6 is 31.9 Å². The molecule has 0 N–H and O–H groups in total. The lowest BCUT2D eigenvalue weighted by Gasteiger charge is -2.21. The summed E-state index contributed by atoms with van der Waals surface area (Å²) in [6, 6.07) is 6.54. The summed E-state index contributed by atoms with van der Waals surface area (Å²) in [6.07, 6.45) is 8.96. The van der Waals surface area contributed by atoms with Crippen molar-refractivity contribution in [3.63, 3.8) is 0 Å². The summed E-state index contributed by atoms with van der Waals surface area (Å²) in [5, 5.41) is 0. The topological polar surface area (TPSA) is 18.5 Å². The van der Waals surface area contributed by atoms with E-state index in [-0.39, 0.29) is 6.10 Å². The van der Waals surface area contributed by atoms with E-state index in [0.29, 0.717) is 12.7 Å². The second kappa shape index (κ2) is 6.61. The Bertz CT molecular complexity index is 1010. The van der Waals surface area contributed by atoms with E-state index in [2.05, 4.69) is 82.1 Å². The maximum absolute atomic E-state index is 5.72. The molecule has 0 bridgehead atoms. The van der Waals surface area contributed by atoms with Gasteiger partial charge in [-0.15, -0.1) is 0 Å². The molecule has 3 aliphatic carbocycles. The predicted molar refractivity (Wildman–Crippen MR) is 115 cm³/mol. The van der Waals surface area contributed by atoms with Crippen molar-refractivity contribution in [3.8, 4) is 0 Å². The minimum absolute atomic E-state index is 0.0581. The molecule has 0 saturated carbocycles. The molecule has 1 fully saturated rings. The first-order valence-corrected chi connectivity index (χ1v) is 10.9. The number of hydrogen-bond acceptors (Lipinski definition) is 2. The van der Waals surface area contributed by atoms with E-state index in [1.54, 1.807) is 0 Å². The highest BCUT2D eigenvalue weighted by molar-refractivity contribution is 9.12. The minimum atomic E-state index is -0.0581. The molecule has 0 aromatic heterocycles. The highest BCUT2D eigenvalue weighted by Gasteiger charge is 2.35. The van der Waals surface area contributed by atoms with Gasteiger partial charge in [-0.05, 0) is 94.3 Å². The molecule has 1 heterocycles. The smallest absolute Gasteiger partial charge is 0.190 e. The molecule has 1 aromatic carbocycles. The summed E-state index contributed by atoms with van der Waals surface area (Å²) in [5.41, 5.74) is 9.58. The van der Waals surface area contributed by atoms with Gasteiger partial charge in [0.2, 0.25) is 0 Å². The Morgan fingerprint density at radius 3 is 2.81 bits per heavy atom. The second-order valence-electron chi connectivity index (χ2n) is 7.55. The van der Waals surface area contributed by atoms with Crippen LogP contribution in [0.3, 0.4) is 0 Å². The third-order valence-corrected chi connectivity index (χ3v) is 7.52. The molecule has 27 heavy (non-hydrogen) atoms. The lowest BCUT2D eigenvalue weighted by Crippen LogP contribution is -2.13. The summed E-state index contributed by atoms with van der Waals surface area (Å²) in [6.45, 7) is 4.81. The van der Waals surface area contributed by atoms with Crippen LogP contribution in [0.15, 0.2) is 72.9 Å². The van der Waals surface area contributed by atoms with Gasteiger partial charge in [0, 0.05) is 10.4 Å². The molecule has 2 unspecified atom stereocenters. The number of halogens is 2. The van der Waals surface area contributed by atoms with E-state index in [9.17, 15) is 0 Å². The lowest BCUT2D eigenvalue weighted by atomic mass is 9.86. The van der Waals surface area contributed by atoms with E-state index in [1.165, 1.54) is 43.5 Å². The summed E-state index contributed by atoms with van der Waals surface area (Å²) in [7, 11) is 0. The van der Waals surface area contributed by atoms with E-state index < -0.39 is 0 Å². The molecule has 138 valence electrons. The molecule has 2 nitrogen and oxygen atoms in total. The molecular formula is C23H20Br2O2. The zero-order valence-electron chi connectivity index (χ0n) is 15.3. The number of fused-ring (bicyclic) bond motifs is 3. The highest BCUT2D eigenvalue weighted by atomic mass is 79.9. The average Bonchev–Trinajstić information content (AvgIpc) is 3.31.